The average Bonchev–Trinajstić information content (AvgIpc) is 3.11. The first kappa shape index (κ1) is 21.3. The summed E-state index contributed by atoms with van der Waals surface area (Å²) in [6.45, 7) is 17.9. The molecule has 0 bridgehead atoms. The molecule has 0 saturated heterocycles. The van der Waals surface area contributed by atoms with E-state index in [1.165, 1.54) is 63.4 Å². The molecule has 3 unspecified atom stereocenters. The van der Waals surface area contributed by atoms with Crippen molar-refractivity contribution in [3.8, 4) is 0 Å². The predicted octanol–water partition coefficient (Wildman–Crippen LogP) is 8.26. The van der Waals surface area contributed by atoms with Gasteiger partial charge in [-0.25, -0.2) is 0 Å². The lowest BCUT2D eigenvalue weighted by molar-refractivity contribution is 0.342. The lowest BCUT2D eigenvalue weighted by Gasteiger charge is -2.21. The number of allylic oxidation sites excluding steroid dienone is 5. The molecule has 3 atom stereocenters. The molecule has 0 heterocycles. The van der Waals surface area contributed by atoms with E-state index < -0.39 is 0 Å². The van der Waals surface area contributed by atoms with Crippen molar-refractivity contribution in [2.75, 3.05) is 0 Å². The van der Waals surface area contributed by atoms with Gasteiger partial charge in [-0.3, -0.25) is 0 Å². The second-order valence-corrected chi connectivity index (χ2v) is 8.82. The molecule has 1 rings (SSSR count). The normalized spacial score (nSPS) is 25.7. The van der Waals surface area contributed by atoms with E-state index in [0.717, 1.165) is 11.8 Å². The van der Waals surface area contributed by atoms with Gasteiger partial charge in [0.15, 0.2) is 0 Å². The second kappa shape index (κ2) is 10.3. The Kier molecular flexibility index (Phi) is 9.09. The molecule has 1 aliphatic rings. The van der Waals surface area contributed by atoms with Gasteiger partial charge in [-0.2, -0.15) is 0 Å². The summed E-state index contributed by atoms with van der Waals surface area (Å²) >= 11 is 0. The van der Waals surface area contributed by atoms with Crippen molar-refractivity contribution in [2.24, 2.45) is 17.3 Å². The second-order valence-electron chi connectivity index (χ2n) is 8.82. The molecule has 0 amide bonds. The van der Waals surface area contributed by atoms with Gasteiger partial charge in [0, 0.05) is 0 Å². The van der Waals surface area contributed by atoms with Gasteiger partial charge in [-0.15, -0.1) is 6.58 Å². The predicted molar refractivity (Wildman–Crippen MR) is 110 cm³/mol. The van der Waals surface area contributed by atoms with E-state index in [1.807, 2.05) is 0 Å². The lowest BCUT2D eigenvalue weighted by Crippen LogP contribution is -2.09. The Morgan fingerprint density at radius 1 is 1.29 bits per heavy atom. The van der Waals surface area contributed by atoms with Gasteiger partial charge in [0.05, 0.1) is 0 Å². The Hall–Kier alpha value is -0.780. The van der Waals surface area contributed by atoms with E-state index in [1.54, 1.807) is 11.1 Å². The first-order valence-electron chi connectivity index (χ1n) is 10.2. The van der Waals surface area contributed by atoms with Crippen molar-refractivity contribution >= 4 is 0 Å². The first-order chi connectivity index (χ1) is 11.3. The van der Waals surface area contributed by atoms with Crippen LogP contribution in [0.2, 0.25) is 0 Å². The van der Waals surface area contributed by atoms with Crippen LogP contribution in [0.3, 0.4) is 0 Å². The van der Waals surface area contributed by atoms with Crippen molar-refractivity contribution in [3.63, 3.8) is 0 Å². The van der Waals surface area contributed by atoms with Crippen LogP contribution in [-0.4, -0.2) is 0 Å². The standard InChI is InChI=1S/C24H42/c1-8-22(15-20(5)14-12-10-11-13-19(3)4)16-23(9-2)18-24(7)17-21(24)6/h8,14,21,23H,3,9-13,15-18H2,1-2,4-7H3. The molecule has 1 aliphatic carbocycles. The van der Waals surface area contributed by atoms with E-state index in [-0.39, 0.29) is 0 Å². The number of hydrogen-bond acceptors (Lipinski definition) is 0. The zero-order valence-electron chi connectivity index (χ0n) is 17.4. The summed E-state index contributed by atoms with van der Waals surface area (Å²) in [6, 6.07) is 0. The molecule has 0 aromatic rings. The van der Waals surface area contributed by atoms with Crippen LogP contribution in [-0.2, 0) is 0 Å². The summed E-state index contributed by atoms with van der Waals surface area (Å²) in [5, 5.41) is 0. The molecule has 0 spiro atoms. The molecular weight excluding hydrogens is 288 g/mol. The van der Waals surface area contributed by atoms with Crippen molar-refractivity contribution in [3.05, 3.63) is 35.5 Å². The van der Waals surface area contributed by atoms with E-state index in [9.17, 15) is 0 Å². The summed E-state index contributed by atoms with van der Waals surface area (Å²) in [7, 11) is 0. The van der Waals surface area contributed by atoms with E-state index in [0.29, 0.717) is 5.41 Å². The zero-order valence-corrected chi connectivity index (χ0v) is 17.4. The molecule has 0 N–H and O–H groups in total. The van der Waals surface area contributed by atoms with Crippen LogP contribution < -0.4 is 0 Å². The molecule has 1 saturated carbocycles. The van der Waals surface area contributed by atoms with Gasteiger partial charge in [0.25, 0.3) is 0 Å². The van der Waals surface area contributed by atoms with Gasteiger partial charge in [0.2, 0.25) is 0 Å². The van der Waals surface area contributed by atoms with Gasteiger partial charge in [0.1, 0.15) is 0 Å². The van der Waals surface area contributed by atoms with Gasteiger partial charge < -0.3 is 0 Å². The fraction of sp³-hybridized carbons (Fsp3) is 0.750. The van der Waals surface area contributed by atoms with Crippen LogP contribution in [0.25, 0.3) is 0 Å². The van der Waals surface area contributed by atoms with Gasteiger partial charge >= 0.3 is 0 Å². The first-order valence-corrected chi connectivity index (χ1v) is 10.2. The minimum atomic E-state index is 0.647. The topological polar surface area (TPSA) is 0 Å². The average molecular weight is 331 g/mol. The molecular formula is C24H42. The van der Waals surface area contributed by atoms with Crippen LogP contribution in [0.4, 0.5) is 0 Å². The van der Waals surface area contributed by atoms with Crippen molar-refractivity contribution in [2.45, 2.75) is 99.3 Å². The molecule has 0 aliphatic heterocycles. The highest BCUT2D eigenvalue weighted by atomic mass is 14.5. The fourth-order valence-corrected chi connectivity index (χ4v) is 3.96. The molecule has 0 nitrogen and oxygen atoms in total. The molecule has 0 aromatic heterocycles. The molecule has 138 valence electrons. The molecule has 0 heteroatoms. The summed E-state index contributed by atoms with van der Waals surface area (Å²) in [5.41, 5.74) is 5.16. The Labute approximate surface area is 152 Å². The third kappa shape index (κ3) is 7.86. The maximum atomic E-state index is 3.99. The highest BCUT2D eigenvalue weighted by molar-refractivity contribution is 5.14. The number of rotatable bonds is 12. The minimum Gasteiger partial charge on any atom is -0.100 e. The summed E-state index contributed by atoms with van der Waals surface area (Å²) in [4.78, 5) is 0. The Morgan fingerprint density at radius 3 is 2.46 bits per heavy atom. The minimum absolute atomic E-state index is 0.647. The summed E-state index contributed by atoms with van der Waals surface area (Å²) in [5.74, 6) is 1.82. The molecule has 0 aromatic carbocycles. The van der Waals surface area contributed by atoms with Crippen molar-refractivity contribution in [1.82, 2.24) is 0 Å². The van der Waals surface area contributed by atoms with Crippen LogP contribution in [0.1, 0.15) is 99.3 Å². The van der Waals surface area contributed by atoms with Crippen molar-refractivity contribution < 1.29 is 0 Å². The summed E-state index contributed by atoms with van der Waals surface area (Å²) < 4.78 is 0. The van der Waals surface area contributed by atoms with Crippen LogP contribution in [0.15, 0.2) is 35.5 Å². The molecule has 1 fully saturated rings. The lowest BCUT2D eigenvalue weighted by atomic mass is 9.84. The fourth-order valence-electron chi connectivity index (χ4n) is 3.96. The Balaban J connectivity index is 2.38. The largest absolute Gasteiger partial charge is 0.100 e. The maximum Gasteiger partial charge on any atom is -0.0111 e. The SMILES string of the molecule is C=C(C)CCCCC=C(C)CC(=CC)CC(CC)CC1(C)CC1C. The van der Waals surface area contributed by atoms with Crippen LogP contribution in [0.5, 0.6) is 0 Å². The van der Waals surface area contributed by atoms with Crippen molar-refractivity contribution in [1.29, 1.82) is 0 Å². The Morgan fingerprint density at radius 2 is 1.96 bits per heavy atom. The molecule has 0 radical (unpaired) electrons. The van der Waals surface area contributed by atoms with Crippen LogP contribution >= 0.6 is 0 Å². The number of unbranched alkanes of at least 4 members (excludes halogenated alkanes) is 2. The van der Waals surface area contributed by atoms with E-state index >= 15 is 0 Å². The Bertz CT molecular complexity index is 451. The highest BCUT2D eigenvalue weighted by Crippen LogP contribution is 2.56. The van der Waals surface area contributed by atoms with Gasteiger partial charge in [-0.05, 0) is 89.4 Å². The highest BCUT2D eigenvalue weighted by Gasteiger charge is 2.46. The smallest absolute Gasteiger partial charge is 0.0111 e. The van der Waals surface area contributed by atoms with E-state index in [2.05, 4.69) is 60.3 Å². The van der Waals surface area contributed by atoms with E-state index in [4.69, 9.17) is 0 Å². The maximum absolute atomic E-state index is 3.99. The third-order valence-electron chi connectivity index (χ3n) is 6.15. The zero-order chi connectivity index (χ0) is 18.2. The monoisotopic (exact) mass is 330 g/mol. The number of hydrogen-bond donors (Lipinski definition) is 0. The molecule has 24 heavy (non-hydrogen) atoms. The van der Waals surface area contributed by atoms with Gasteiger partial charge in [-0.1, -0.05) is 56.1 Å². The third-order valence-corrected chi connectivity index (χ3v) is 6.15. The summed E-state index contributed by atoms with van der Waals surface area (Å²) in [6.07, 6.45) is 16.5. The quantitative estimate of drug-likeness (QED) is 0.249. The van der Waals surface area contributed by atoms with Crippen LogP contribution in [0, 0.1) is 17.3 Å².